The maximum Gasteiger partial charge on any atom is 0.287 e. The molecule has 1 aromatic carbocycles. The van der Waals surface area contributed by atoms with Crippen LogP contribution in [0, 0.1) is 6.92 Å². The lowest BCUT2D eigenvalue weighted by Crippen LogP contribution is -2.39. The van der Waals surface area contributed by atoms with E-state index in [1.807, 2.05) is 31.2 Å². The molecule has 0 fully saturated rings. The zero-order valence-corrected chi connectivity index (χ0v) is 10.2. The molecule has 0 aliphatic rings. The van der Waals surface area contributed by atoms with Crippen molar-refractivity contribution in [3.63, 3.8) is 0 Å². The van der Waals surface area contributed by atoms with E-state index in [4.69, 9.17) is 5.11 Å². The van der Waals surface area contributed by atoms with E-state index in [1.54, 1.807) is 0 Å². The Morgan fingerprint density at radius 3 is 2.67 bits per heavy atom. The van der Waals surface area contributed by atoms with E-state index in [0.29, 0.717) is 6.42 Å². The van der Waals surface area contributed by atoms with Gasteiger partial charge in [0, 0.05) is 6.42 Å². The summed E-state index contributed by atoms with van der Waals surface area (Å²) in [4.78, 5) is 11.4. The van der Waals surface area contributed by atoms with Crippen molar-refractivity contribution in [2.75, 3.05) is 13.2 Å². The number of rotatable bonds is 6. The molecule has 0 aromatic heterocycles. The van der Waals surface area contributed by atoms with Gasteiger partial charge in [0.05, 0.1) is 6.54 Å². The van der Waals surface area contributed by atoms with Crippen molar-refractivity contribution in [1.29, 1.82) is 0 Å². The smallest absolute Gasteiger partial charge is 0.287 e. The van der Waals surface area contributed by atoms with Gasteiger partial charge in [-0.1, -0.05) is 24.3 Å². The van der Waals surface area contributed by atoms with Crippen molar-refractivity contribution in [2.24, 2.45) is 0 Å². The van der Waals surface area contributed by atoms with Crippen LogP contribution < -0.4 is 5.32 Å². The summed E-state index contributed by atoms with van der Waals surface area (Å²) in [5.41, 5.74) is 2.10. The van der Waals surface area contributed by atoms with Crippen LogP contribution in [-0.4, -0.2) is 30.1 Å². The molecule has 5 heteroatoms. The molecule has 0 aliphatic carbocycles. The monoisotopic (exact) mass is 257 g/mol. The summed E-state index contributed by atoms with van der Waals surface area (Å²) in [5.74, 6) is -3.69. The number of hydrogen-bond donors (Lipinski definition) is 2. The predicted octanol–water partition coefficient (Wildman–Crippen LogP) is 1.67. The van der Waals surface area contributed by atoms with E-state index in [0.717, 1.165) is 11.1 Å². The maximum atomic E-state index is 12.7. The fraction of sp³-hybridized carbons (Fsp3) is 0.462. The molecular formula is C13H17F2NO2. The first-order valence-corrected chi connectivity index (χ1v) is 5.74. The van der Waals surface area contributed by atoms with Gasteiger partial charge in [0.15, 0.2) is 0 Å². The number of halogens is 2. The zero-order valence-electron chi connectivity index (χ0n) is 10.2. The Morgan fingerprint density at radius 1 is 1.39 bits per heavy atom. The second-order valence-electron chi connectivity index (χ2n) is 4.22. The molecule has 0 spiro atoms. The molecule has 18 heavy (non-hydrogen) atoms. The van der Waals surface area contributed by atoms with Crippen LogP contribution in [0.15, 0.2) is 24.3 Å². The van der Waals surface area contributed by atoms with Crippen LogP contribution in [0.2, 0.25) is 0 Å². The molecule has 0 heterocycles. The lowest BCUT2D eigenvalue weighted by Gasteiger charge is -2.14. The molecular weight excluding hydrogens is 240 g/mol. The highest BCUT2D eigenvalue weighted by Gasteiger charge is 2.27. The van der Waals surface area contributed by atoms with Crippen molar-refractivity contribution in [3.8, 4) is 0 Å². The Balaban J connectivity index is 2.36. The SMILES string of the molecule is Cc1ccccc1CCC(=O)NCC(F)(F)CO. The minimum absolute atomic E-state index is 0.159. The van der Waals surface area contributed by atoms with Crippen molar-refractivity contribution in [2.45, 2.75) is 25.7 Å². The number of alkyl halides is 2. The number of carbonyl (C=O) groups is 1. The van der Waals surface area contributed by atoms with Crippen LogP contribution in [0.3, 0.4) is 0 Å². The highest BCUT2D eigenvalue weighted by molar-refractivity contribution is 5.76. The van der Waals surface area contributed by atoms with Crippen LogP contribution in [-0.2, 0) is 11.2 Å². The lowest BCUT2D eigenvalue weighted by atomic mass is 10.0. The lowest BCUT2D eigenvalue weighted by molar-refractivity contribution is -0.124. The molecule has 100 valence electrons. The summed E-state index contributed by atoms with van der Waals surface area (Å²) in [6.07, 6.45) is 0.676. The van der Waals surface area contributed by atoms with E-state index in [1.165, 1.54) is 0 Å². The molecule has 2 N–H and O–H groups in total. The Morgan fingerprint density at radius 2 is 2.06 bits per heavy atom. The van der Waals surface area contributed by atoms with E-state index in [-0.39, 0.29) is 6.42 Å². The number of carbonyl (C=O) groups excluding carboxylic acids is 1. The van der Waals surface area contributed by atoms with Gasteiger partial charge in [-0.2, -0.15) is 0 Å². The molecule has 1 aromatic rings. The van der Waals surface area contributed by atoms with Gasteiger partial charge < -0.3 is 10.4 Å². The number of nitrogens with one attached hydrogen (secondary N) is 1. The van der Waals surface area contributed by atoms with Crippen molar-refractivity contribution in [3.05, 3.63) is 35.4 Å². The maximum absolute atomic E-state index is 12.7. The van der Waals surface area contributed by atoms with Crippen LogP contribution >= 0.6 is 0 Å². The molecule has 0 unspecified atom stereocenters. The summed E-state index contributed by atoms with van der Waals surface area (Å²) in [6, 6.07) is 7.62. The summed E-state index contributed by atoms with van der Waals surface area (Å²) in [6.45, 7) is -0.145. The standard InChI is InChI=1S/C13H17F2NO2/c1-10-4-2-3-5-11(10)6-7-12(18)16-8-13(14,15)9-17/h2-5,17H,6-9H2,1H3,(H,16,18). The second kappa shape index (κ2) is 6.44. The average Bonchev–Trinajstić information content (AvgIpc) is 2.35. The van der Waals surface area contributed by atoms with Gasteiger partial charge in [0.2, 0.25) is 5.91 Å². The molecule has 3 nitrogen and oxygen atoms in total. The van der Waals surface area contributed by atoms with Crippen molar-refractivity contribution >= 4 is 5.91 Å². The van der Waals surface area contributed by atoms with E-state index >= 15 is 0 Å². The van der Waals surface area contributed by atoms with Gasteiger partial charge in [-0.25, -0.2) is 8.78 Å². The minimum atomic E-state index is -3.25. The Hall–Kier alpha value is -1.49. The van der Waals surface area contributed by atoms with Gasteiger partial charge in [-0.05, 0) is 24.5 Å². The van der Waals surface area contributed by atoms with Gasteiger partial charge >= 0.3 is 0 Å². The number of hydrogen-bond acceptors (Lipinski definition) is 2. The zero-order chi connectivity index (χ0) is 13.6. The van der Waals surface area contributed by atoms with Gasteiger partial charge in [-0.3, -0.25) is 4.79 Å². The number of benzene rings is 1. The molecule has 0 atom stereocenters. The van der Waals surface area contributed by atoms with Crippen LogP contribution in [0.1, 0.15) is 17.5 Å². The van der Waals surface area contributed by atoms with Crippen molar-refractivity contribution < 1.29 is 18.7 Å². The van der Waals surface area contributed by atoms with Crippen LogP contribution in [0.5, 0.6) is 0 Å². The predicted molar refractivity (Wildman–Crippen MR) is 64.5 cm³/mol. The number of amides is 1. The quantitative estimate of drug-likeness (QED) is 0.814. The third kappa shape index (κ3) is 4.79. The highest BCUT2D eigenvalue weighted by atomic mass is 19.3. The summed E-state index contributed by atoms with van der Waals surface area (Å²) >= 11 is 0. The Bertz CT molecular complexity index is 408. The molecule has 0 bridgehead atoms. The Kier molecular flexibility index (Phi) is 5.22. The van der Waals surface area contributed by atoms with E-state index < -0.39 is 25.0 Å². The number of aliphatic hydroxyl groups is 1. The molecule has 1 rings (SSSR count). The molecule has 0 aliphatic heterocycles. The summed E-state index contributed by atoms with van der Waals surface area (Å²) in [5, 5.41) is 10.5. The normalized spacial score (nSPS) is 11.3. The van der Waals surface area contributed by atoms with E-state index in [2.05, 4.69) is 5.32 Å². The number of aryl methyl sites for hydroxylation is 2. The van der Waals surface area contributed by atoms with Crippen LogP contribution in [0.25, 0.3) is 0 Å². The van der Waals surface area contributed by atoms with Gasteiger partial charge in [0.1, 0.15) is 6.61 Å². The average molecular weight is 257 g/mol. The van der Waals surface area contributed by atoms with E-state index in [9.17, 15) is 13.6 Å². The van der Waals surface area contributed by atoms with Gasteiger partial charge in [-0.15, -0.1) is 0 Å². The fourth-order valence-corrected chi connectivity index (χ4v) is 1.51. The highest BCUT2D eigenvalue weighted by Crippen LogP contribution is 2.11. The second-order valence-corrected chi connectivity index (χ2v) is 4.22. The van der Waals surface area contributed by atoms with Gasteiger partial charge in [0.25, 0.3) is 5.92 Å². The molecule has 1 amide bonds. The van der Waals surface area contributed by atoms with Crippen molar-refractivity contribution in [1.82, 2.24) is 5.32 Å². The summed E-state index contributed by atoms with van der Waals surface area (Å²) in [7, 11) is 0. The number of aliphatic hydroxyl groups excluding tert-OH is 1. The fourth-order valence-electron chi connectivity index (χ4n) is 1.51. The minimum Gasteiger partial charge on any atom is -0.390 e. The first kappa shape index (κ1) is 14.6. The molecule has 0 saturated heterocycles. The largest absolute Gasteiger partial charge is 0.390 e. The first-order chi connectivity index (χ1) is 8.44. The molecule has 0 saturated carbocycles. The molecule has 0 radical (unpaired) electrons. The first-order valence-electron chi connectivity index (χ1n) is 5.74. The third-order valence-electron chi connectivity index (χ3n) is 2.66. The summed E-state index contributed by atoms with van der Waals surface area (Å²) < 4.78 is 25.4. The Labute approximate surface area is 105 Å². The van der Waals surface area contributed by atoms with Crippen LogP contribution in [0.4, 0.5) is 8.78 Å². The third-order valence-corrected chi connectivity index (χ3v) is 2.66. The topological polar surface area (TPSA) is 49.3 Å².